The lowest BCUT2D eigenvalue weighted by molar-refractivity contribution is 0.239. The van der Waals surface area contributed by atoms with Crippen LogP contribution in [-0.4, -0.2) is 12.6 Å². The first-order valence-electron chi connectivity index (χ1n) is 6.02. The molecular formula is C12H17N5O. The number of allylic oxidation sites excluding steroid dienone is 2. The minimum atomic E-state index is -0.490. The van der Waals surface area contributed by atoms with Crippen LogP contribution in [-0.2, 0) is 0 Å². The van der Waals surface area contributed by atoms with Gasteiger partial charge in [-0.3, -0.25) is 5.32 Å². The van der Waals surface area contributed by atoms with Crippen molar-refractivity contribution < 1.29 is 4.79 Å². The summed E-state index contributed by atoms with van der Waals surface area (Å²) in [6.45, 7) is 0.594. The molecule has 0 aromatic rings. The number of nitrogens with zero attached hydrogens (tertiary/aromatic N) is 2. The zero-order valence-electron chi connectivity index (χ0n) is 10.2. The second-order valence-electron chi connectivity index (χ2n) is 4.35. The number of hydrogen-bond donors (Lipinski definition) is 3. The van der Waals surface area contributed by atoms with Gasteiger partial charge in [0.1, 0.15) is 17.8 Å². The number of nitrogens with two attached hydrogens (primary N) is 1. The molecule has 6 nitrogen and oxygen atoms in total. The van der Waals surface area contributed by atoms with Crippen LogP contribution in [0.4, 0.5) is 4.79 Å². The molecule has 1 rings (SSSR count). The molecule has 0 atom stereocenters. The lowest BCUT2D eigenvalue weighted by atomic mass is 9.89. The molecule has 0 radical (unpaired) electrons. The topological polar surface area (TPSA) is 115 Å². The van der Waals surface area contributed by atoms with Gasteiger partial charge in [0.25, 0.3) is 0 Å². The lowest BCUT2D eigenvalue weighted by Crippen LogP contribution is -2.38. The van der Waals surface area contributed by atoms with Crippen LogP contribution in [0.5, 0.6) is 0 Å². The van der Waals surface area contributed by atoms with E-state index in [0.717, 1.165) is 12.8 Å². The molecule has 1 fully saturated rings. The highest BCUT2D eigenvalue weighted by Gasteiger charge is 2.14. The van der Waals surface area contributed by atoms with E-state index in [4.69, 9.17) is 16.3 Å². The number of nitrogens with one attached hydrogen (secondary N) is 2. The molecule has 1 aliphatic carbocycles. The molecule has 0 aromatic carbocycles. The van der Waals surface area contributed by atoms with Gasteiger partial charge in [-0.05, 0) is 18.8 Å². The number of urea groups is 1. The summed E-state index contributed by atoms with van der Waals surface area (Å²) in [6.07, 6.45) is 5.93. The summed E-state index contributed by atoms with van der Waals surface area (Å²) in [7, 11) is 0. The number of nitriles is 2. The highest BCUT2D eigenvalue weighted by atomic mass is 16.2. The largest absolute Gasteiger partial charge is 0.388 e. The quantitative estimate of drug-likeness (QED) is 0.647. The highest BCUT2D eigenvalue weighted by molar-refractivity contribution is 5.77. The predicted molar refractivity (Wildman–Crippen MR) is 65.5 cm³/mol. The van der Waals surface area contributed by atoms with Gasteiger partial charge in [0.15, 0.2) is 5.70 Å². The van der Waals surface area contributed by atoms with E-state index >= 15 is 0 Å². The van der Waals surface area contributed by atoms with Crippen molar-refractivity contribution in [2.24, 2.45) is 11.7 Å². The maximum absolute atomic E-state index is 11.5. The van der Waals surface area contributed by atoms with Crippen LogP contribution in [0.2, 0.25) is 0 Å². The smallest absolute Gasteiger partial charge is 0.319 e. The average Bonchev–Trinajstić information content (AvgIpc) is 2.42. The summed E-state index contributed by atoms with van der Waals surface area (Å²) in [5.74, 6) is 0.507. The number of rotatable bonds is 3. The van der Waals surface area contributed by atoms with Gasteiger partial charge >= 0.3 is 6.03 Å². The van der Waals surface area contributed by atoms with Gasteiger partial charge in [0, 0.05) is 6.54 Å². The molecule has 4 N–H and O–H groups in total. The normalized spacial score (nSPS) is 17.0. The summed E-state index contributed by atoms with van der Waals surface area (Å²) in [5.41, 5.74) is 4.77. The summed E-state index contributed by atoms with van der Waals surface area (Å²) >= 11 is 0. The Kier molecular flexibility index (Phi) is 5.53. The Hall–Kier alpha value is -2.21. The Labute approximate surface area is 106 Å². The Bertz CT molecular complexity index is 409. The number of amides is 2. The third-order valence-corrected chi connectivity index (χ3v) is 3.02. The monoisotopic (exact) mass is 247 g/mol. The molecule has 2 amide bonds. The van der Waals surface area contributed by atoms with Crippen LogP contribution in [0.15, 0.2) is 11.4 Å². The highest BCUT2D eigenvalue weighted by Crippen LogP contribution is 2.22. The molecule has 18 heavy (non-hydrogen) atoms. The summed E-state index contributed by atoms with van der Waals surface area (Å²) < 4.78 is 0. The molecule has 1 aliphatic rings. The van der Waals surface area contributed by atoms with Gasteiger partial charge in [-0.2, -0.15) is 10.5 Å². The van der Waals surface area contributed by atoms with Gasteiger partial charge in [-0.25, -0.2) is 4.79 Å². The van der Waals surface area contributed by atoms with Crippen molar-refractivity contribution in [3.8, 4) is 12.1 Å². The number of carbonyl (C=O) groups excluding carboxylic acids is 1. The van der Waals surface area contributed by atoms with Crippen molar-refractivity contribution in [1.29, 1.82) is 10.5 Å². The van der Waals surface area contributed by atoms with Gasteiger partial charge in [-0.15, -0.1) is 0 Å². The van der Waals surface area contributed by atoms with Crippen LogP contribution in [0.25, 0.3) is 0 Å². The summed E-state index contributed by atoms with van der Waals surface area (Å²) in [6, 6.07) is 2.81. The van der Waals surface area contributed by atoms with Crippen molar-refractivity contribution in [2.75, 3.05) is 6.54 Å². The second kappa shape index (κ2) is 7.18. The molecule has 0 unspecified atom stereocenters. The Morgan fingerprint density at radius 1 is 1.22 bits per heavy atom. The zero-order chi connectivity index (χ0) is 13.4. The Morgan fingerprint density at radius 2 is 1.89 bits per heavy atom. The molecule has 0 spiro atoms. The average molecular weight is 247 g/mol. The first-order chi connectivity index (χ1) is 8.67. The number of carbonyl (C=O) groups is 1. The first-order valence-corrected chi connectivity index (χ1v) is 6.02. The lowest BCUT2D eigenvalue weighted by Gasteiger charge is -2.21. The third kappa shape index (κ3) is 4.34. The van der Waals surface area contributed by atoms with Gasteiger partial charge < -0.3 is 11.1 Å². The number of hydrogen-bond acceptors (Lipinski definition) is 4. The van der Waals surface area contributed by atoms with E-state index in [1.165, 1.54) is 19.3 Å². The van der Waals surface area contributed by atoms with Crippen LogP contribution >= 0.6 is 0 Å². The van der Waals surface area contributed by atoms with Crippen molar-refractivity contribution >= 4 is 6.03 Å². The Morgan fingerprint density at radius 3 is 2.44 bits per heavy atom. The van der Waals surface area contributed by atoms with E-state index in [-0.39, 0.29) is 11.4 Å². The van der Waals surface area contributed by atoms with Gasteiger partial charge in [-0.1, -0.05) is 19.3 Å². The second-order valence-corrected chi connectivity index (χ2v) is 4.35. The van der Waals surface area contributed by atoms with Gasteiger partial charge in [0.05, 0.1) is 0 Å². The molecular weight excluding hydrogens is 230 g/mol. The first kappa shape index (κ1) is 13.9. The molecule has 0 aliphatic heterocycles. The third-order valence-electron chi connectivity index (χ3n) is 3.02. The van der Waals surface area contributed by atoms with E-state index in [1.807, 2.05) is 0 Å². The predicted octanol–water partition coefficient (Wildman–Crippen LogP) is 1.08. The van der Waals surface area contributed by atoms with Gasteiger partial charge in [0.2, 0.25) is 0 Å². The van der Waals surface area contributed by atoms with E-state index in [0.29, 0.717) is 12.5 Å². The SMILES string of the molecule is N#C/C(N)=C(\C#N)NC(=O)NCC1CCCCC1. The molecule has 6 heteroatoms. The van der Waals surface area contributed by atoms with E-state index in [9.17, 15) is 4.79 Å². The fourth-order valence-electron chi connectivity index (χ4n) is 2.00. The van der Waals surface area contributed by atoms with E-state index < -0.39 is 6.03 Å². The molecule has 1 saturated carbocycles. The van der Waals surface area contributed by atoms with Crippen LogP contribution in [0.1, 0.15) is 32.1 Å². The maximum atomic E-state index is 11.5. The molecule has 0 heterocycles. The fraction of sp³-hybridized carbons (Fsp3) is 0.583. The molecule has 0 aromatic heterocycles. The van der Waals surface area contributed by atoms with Crippen LogP contribution < -0.4 is 16.4 Å². The van der Waals surface area contributed by atoms with Crippen molar-refractivity contribution in [1.82, 2.24) is 10.6 Å². The van der Waals surface area contributed by atoms with Crippen molar-refractivity contribution in [3.05, 3.63) is 11.4 Å². The fourth-order valence-corrected chi connectivity index (χ4v) is 2.00. The van der Waals surface area contributed by atoms with E-state index in [1.54, 1.807) is 12.1 Å². The van der Waals surface area contributed by atoms with Crippen LogP contribution in [0, 0.1) is 28.6 Å². The van der Waals surface area contributed by atoms with Crippen molar-refractivity contribution in [2.45, 2.75) is 32.1 Å². The Balaban J connectivity index is 2.38. The zero-order valence-corrected chi connectivity index (χ0v) is 10.2. The minimum absolute atomic E-state index is 0.210. The standard InChI is InChI=1S/C12H17N5O/c13-6-10(15)11(7-14)17-12(18)16-8-9-4-2-1-3-5-9/h9H,1-5,8,15H2,(H2,16,17,18)/b11-10-. The van der Waals surface area contributed by atoms with Crippen LogP contribution in [0.3, 0.4) is 0 Å². The minimum Gasteiger partial charge on any atom is -0.388 e. The summed E-state index contributed by atoms with van der Waals surface area (Å²) in [5, 5.41) is 22.2. The maximum Gasteiger partial charge on any atom is 0.319 e. The van der Waals surface area contributed by atoms with Crippen molar-refractivity contribution in [3.63, 3.8) is 0 Å². The summed E-state index contributed by atoms with van der Waals surface area (Å²) in [4.78, 5) is 11.5. The van der Waals surface area contributed by atoms with E-state index in [2.05, 4.69) is 10.6 Å². The molecule has 96 valence electrons. The molecule has 0 bridgehead atoms. The molecule has 0 saturated heterocycles.